The first kappa shape index (κ1) is 24.4. The third-order valence-electron chi connectivity index (χ3n) is 6.91. The van der Waals surface area contributed by atoms with E-state index in [2.05, 4.69) is 81.3 Å². The van der Waals surface area contributed by atoms with Crippen LogP contribution < -0.4 is 16.4 Å². The molecule has 4 atom stereocenters. The average Bonchev–Trinajstić information content (AvgIpc) is 3.85. The molecule has 2 fully saturated rings. The first-order valence-corrected chi connectivity index (χ1v) is 12.9. The predicted molar refractivity (Wildman–Crippen MR) is 147 cm³/mol. The number of anilines is 1. The van der Waals surface area contributed by atoms with Crippen LogP contribution in [0.3, 0.4) is 0 Å². The molecule has 0 radical (unpaired) electrons. The van der Waals surface area contributed by atoms with Crippen molar-refractivity contribution in [2.45, 2.75) is 49.9 Å². The van der Waals surface area contributed by atoms with Crippen LogP contribution in [0.1, 0.15) is 46.9 Å². The third-order valence-corrected chi connectivity index (χ3v) is 7.25. The molecule has 0 bridgehead atoms. The zero-order valence-corrected chi connectivity index (χ0v) is 21.0. The maximum absolute atomic E-state index is 6.03. The van der Waals surface area contributed by atoms with E-state index < -0.39 is 0 Å². The Morgan fingerprint density at radius 2 is 1.17 bits per heavy atom. The van der Waals surface area contributed by atoms with E-state index in [4.69, 9.17) is 17.3 Å². The molecule has 2 saturated carbocycles. The van der Waals surface area contributed by atoms with E-state index >= 15 is 0 Å². The normalized spacial score (nSPS) is 21.8. The van der Waals surface area contributed by atoms with Crippen LogP contribution in [-0.4, -0.2) is 22.1 Å². The van der Waals surface area contributed by atoms with Gasteiger partial charge in [0, 0.05) is 60.5 Å². The van der Waals surface area contributed by atoms with Gasteiger partial charge in [-0.1, -0.05) is 84.4 Å². The molecule has 2 aromatic carbocycles. The fourth-order valence-corrected chi connectivity index (χ4v) is 4.80. The van der Waals surface area contributed by atoms with Crippen molar-refractivity contribution in [2.75, 3.05) is 5.73 Å². The highest BCUT2D eigenvalue weighted by Gasteiger charge is 2.38. The highest BCUT2D eigenvalue weighted by Crippen LogP contribution is 2.41. The van der Waals surface area contributed by atoms with Gasteiger partial charge in [-0.15, -0.1) is 0 Å². The molecular formula is C30H32ClN5. The molecule has 184 valence electrons. The lowest BCUT2D eigenvalue weighted by Crippen LogP contribution is -2.18. The first-order valence-electron chi connectivity index (χ1n) is 12.5. The molecule has 6 rings (SSSR count). The standard InChI is InChI=1S/C15H15ClN2.C15H17N3/c2*16-15-12(7-4-8-17-15)10-18-14-9-13(14)11-5-2-1-3-6-11/h1-8,13-14,18H,9-10H2;1-8,13-14,18H,9-10H2,(H2,16,17)/t2*13-,14+/m00/s1. The van der Waals surface area contributed by atoms with E-state index in [0.29, 0.717) is 34.9 Å². The second kappa shape index (κ2) is 11.7. The Labute approximate surface area is 218 Å². The van der Waals surface area contributed by atoms with E-state index in [-0.39, 0.29) is 0 Å². The van der Waals surface area contributed by atoms with Crippen molar-refractivity contribution in [1.82, 2.24) is 20.6 Å². The molecule has 0 unspecified atom stereocenters. The molecule has 36 heavy (non-hydrogen) atoms. The number of hydrogen-bond donors (Lipinski definition) is 3. The molecule has 4 aromatic rings. The number of aromatic nitrogens is 2. The van der Waals surface area contributed by atoms with Crippen LogP contribution in [-0.2, 0) is 13.1 Å². The summed E-state index contributed by atoms with van der Waals surface area (Å²) in [6, 6.07) is 30.3. The second-order valence-electron chi connectivity index (χ2n) is 9.48. The summed E-state index contributed by atoms with van der Waals surface area (Å²) in [6.45, 7) is 1.59. The zero-order valence-electron chi connectivity index (χ0n) is 20.2. The van der Waals surface area contributed by atoms with Crippen molar-refractivity contribution in [3.63, 3.8) is 0 Å². The highest BCUT2D eigenvalue weighted by atomic mass is 35.5. The summed E-state index contributed by atoms with van der Waals surface area (Å²) >= 11 is 6.03. The summed E-state index contributed by atoms with van der Waals surface area (Å²) in [7, 11) is 0. The number of nitrogens with zero attached hydrogens (tertiary/aromatic N) is 2. The van der Waals surface area contributed by atoms with Crippen LogP contribution in [0.25, 0.3) is 0 Å². The van der Waals surface area contributed by atoms with Gasteiger partial charge in [0.05, 0.1) is 0 Å². The van der Waals surface area contributed by atoms with E-state index in [1.165, 1.54) is 24.0 Å². The van der Waals surface area contributed by atoms with Crippen LogP contribution >= 0.6 is 11.6 Å². The van der Waals surface area contributed by atoms with Gasteiger partial charge >= 0.3 is 0 Å². The van der Waals surface area contributed by atoms with Crippen LogP contribution in [0.15, 0.2) is 97.3 Å². The summed E-state index contributed by atoms with van der Waals surface area (Å²) in [6.07, 6.45) is 5.87. The first-order chi connectivity index (χ1) is 17.7. The van der Waals surface area contributed by atoms with Crippen LogP contribution in [0.4, 0.5) is 5.82 Å². The van der Waals surface area contributed by atoms with E-state index in [1.54, 1.807) is 12.4 Å². The number of benzene rings is 2. The molecule has 2 aromatic heterocycles. The van der Waals surface area contributed by atoms with Crippen molar-refractivity contribution >= 4 is 17.4 Å². The molecule has 2 aliphatic carbocycles. The van der Waals surface area contributed by atoms with Gasteiger partial charge in [0.1, 0.15) is 11.0 Å². The van der Waals surface area contributed by atoms with Gasteiger partial charge in [-0.05, 0) is 36.1 Å². The summed E-state index contributed by atoms with van der Waals surface area (Å²) < 4.78 is 0. The van der Waals surface area contributed by atoms with Crippen LogP contribution in [0.2, 0.25) is 5.15 Å². The molecule has 4 N–H and O–H groups in total. The smallest absolute Gasteiger partial charge is 0.133 e. The SMILES string of the molecule is Clc1ncccc1CN[C@@H]1C[C@H]1c1ccccc1.Nc1ncccc1CN[C@@H]1C[C@H]1c1ccccc1. The van der Waals surface area contributed by atoms with Gasteiger partial charge in [0.15, 0.2) is 0 Å². The Morgan fingerprint density at radius 1 is 0.667 bits per heavy atom. The van der Waals surface area contributed by atoms with Crippen LogP contribution in [0.5, 0.6) is 0 Å². The van der Waals surface area contributed by atoms with Crippen molar-refractivity contribution in [2.24, 2.45) is 0 Å². The monoisotopic (exact) mass is 497 g/mol. The molecule has 6 heteroatoms. The van der Waals surface area contributed by atoms with E-state index in [1.807, 2.05) is 24.3 Å². The zero-order chi connectivity index (χ0) is 24.7. The predicted octanol–water partition coefficient (Wildman–Crippen LogP) is 5.69. The van der Waals surface area contributed by atoms with Crippen molar-refractivity contribution < 1.29 is 0 Å². The Morgan fingerprint density at radius 3 is 1.69 bits per heavy atom. The molecule has 0 saturated heterocycles. The lowest BCUT2D eigenvalue weighted by atomic mass is 10.1. The Hall–Kier alpha value is -3.25. The molecule has 0 spiro atoms. The summed E-state index contributed by atoms with van der Waals surface area (Å²) in [5.74, 6) is 1.94. The fraction of sp³-hybridized carbons (Fsp3) is 0.267. The molecule has 0 aliphatic heterocycles. The molecule has 5 nitrogen and oxygen atoms in total. The summed E-state index contributed by atoms with van der Waals surface area (Å²) in [4.78, 5) is 8.17. The molecule has 2 aliphatic rings. The van der Waals surface area contributed by atoms with Gasteiger partial charge in [0.2, 0.25) is 0 Å². The van der Waals surface area contributed by atoms with Crippen molar-refractivity contribution in [1.29, 1.82) is 0 Å². The van der Waals surface area contributed by atoms with Gasteiger partial charge in [-0.3, -0.25) is 0 Å². The van der Waals surface area contributed by atoms with Crippen molar-refractivity contribution in [3.05, 3.63) is 125 Å². The second-order valence-corrected chi connectivity index (χ2v) is 9.84. The minimum absolute atomic E-state index is 0.573. The number of pyridine rings is 2. The maximum atomic E-state index is 6.03. The minimum Gasteiger partial charge on any atom is -0.383 e. The Balaban J connectivity index is 0.000000148. The lowest BCUT2D eigenvalue weighted by Gasteiger charge is -2.06. The summed E-state index contributed by atoms with van der Waals surface area (Å²) in [5, 5.41) is 7.68. The number of nitrogen functional groups attached to an aromatic ring is 1. The number of halogens is 1. The molecular weight excluding hydrogens is 466 g/mol. The number of rotatable bonds is 8. The number of nitrogens with two attached hydrogens (primary N) is 1. The van der Waals surface area contributed by atoms with Gasteiger partial charge in [-0.2, -0.15) is 0 Å². The minimum atomic E-state index is 0.573. The highest BCUT2D eigenvalue weighted by molar-refractivity contribution is 6.30. The van der Waals surface area contributed by atoms with E-state index in [0.717, 1.165) is 24.2 Å². The fourth-order valence-electron chi connectivity index (χ4n) is 4.61. The third kappa shape index (κ3) is 6.49. The topological polar surface area (TPSA) is 75.9 Å². The van der Waals surface area contributed by atoms with Crippen molar-refractivity contribution in [3.8, 4) is 0 Å². The average molecular weight is 498 g/mol. The van der Waals surface area contributed by atoms with Gasteiger partial charge < -0.3 is 16.4 Å². The molecule has 2 heterocycles. The van der Waals surface area contributed by atoms with Crippen LogP contribution in [0, 0.1) is 0 Å². The number of nitrogens with one attached hydrogen (secondary N) is 2. The quantitative estimate of drug-likeness (QED) is 0.273. The maximum Gasteiger partial charge on any atom is 0.133 e. The lowest BCUT2D eigenvalue weighted by molar-refractivity contribution is 0.671. The van der Waals surface area contributed by atoms with Gasteiger partial charge in [0.25, 0.3) is 0 Å². The van der Waals surface area contributed by atoms with E-state index in [9.17, 15) is 0 Å². The summed E-state index contributed by atoms with van der Waals surface area (Å²) in [5.41, 5.74) is 10.8. The Kier molecular flexibility index (Phi) is 7.91. The number of hydrogen-bond acceptors (Lipinski definition) is 5. The largest absolute Gasteiger partial charge is 0.383 e. The Bertz CT molecular complexity index is 1150. The molecule has 0 amide bonds. The van der Waals surface area contributed by atoms with Gasteiger partial charge in [-0.25, -0.2) is 9.97 Å².